The van der Waals surface area contributed by atoms with Crippen molar-refractivity contribution < 1.29 is 61.6 Å². The summed E-state index contributed by atoms with van der Waals surface area (Å²) in [4.78, 5) is 56.0. The first kappa shape index (κ1) is 32.5. The zero-order chi connectivity index (χ0) is 30.1. The van der Waals surface area contributed by atoms with Crippen LogP contribution in [0.2, 0.25) is 0 Å². The van der Waals surface area contributed by atoms with E-state index >= 15 is 0 Å². The number of ether oxygens (including phenoxy) is 1. The van der Waals surface area contributed by atoms with Crippen molar-refractivity contribution in [3.8, 4) is 5.75 Å². The second-order valence-electron chi connectivity index (χ2n) is 7.62. The van der Waals surface area contributed by atoms with E-state index in [2.05, 4.69) is 5.32 Å². The number of rotatable bonds is 10. The van der Waals surface area contributed by atoms with Crippen molar-refractivity contribution >= 4 is 47.0 Å². The largest absolute Gasteiger partial charge is 0.490 e. The summed E-state index contributed by atoms with van der Waals surface area (Å²) in [6.07, 6.45) is -5.68. The number of amidine groups is 1. The van der Waals surface area contributed by atoms with Gasteiger partial charge in [-0.1, -0.05) is 6.92 Å². The minimum Gasteiger partial charge on any atom is -0.481 e. The predicted molar refractivity (Wildman–Crippen MR) is 125 cm³/mol. The summed E-state index contributed by atoms with van der Waals surface area (Å²) in [5.41, 5.74) is 5.42. The van der Waals surface area contributed by atoms with Gasteiger partial charge in [0.05, 0.1) is 6.42 Å². The molecule has 0 aliphatic carbocycles. The van der Waals surface area contributed by atoms with E-state index in [0.29, 0.717) is 4.88 Å². The second kappa shape index (κ2) is 13.8. The van der Waals surface area contributed by atoms with Crippen molar-refractivity contribution in [1.29, 1.82) is 5.41 Å². The Morgan fingerprint density at radius 3 is 2.15 bits per heavy atom. The average Bonchev–Trinajstić information content (AvgIpc) is 3.27. The minimum atomic E-state index is -5.08. The zero-order valence-electron chi connectivity index (χ0n) is 19.7. The number of thiophene rings is 1. The molecule has 1 heterocycles. The molecule has 0 radical (unpaired) electrons. The standard InChI is InChI=1S/C20H20FN3O7S.C2HF3O2/c1-9(18(27)24-13(19(28)29)8-16(25)26)6-11-3-5-15(32-11)20(30)31-14-4-2-10(17(22)23)7-12(14)21;3-2(4,5)1(6)7/h2-5,7,9,13H,6,8H2,1H3,(H3,22,23)(H,24,27)(H,25,26)(H,28,29);(H,6,7)/t9-,13+;/m1./s1. The van der Waals surface area contributed by atoms with Crippen LogP contribution in [0.1, 0.15) is 33.5 Å². The minimum absolute atomic E-state index is 0.140. The third-order valence-corrected chi connectivity index (χ3v) is 5.59. The lowest BCUT2D eigenvalue weighted by molar-refractivity contribution is -0.192. The van der Waals surface area contributed by atoms with E-state index in [-0.39, 0.29) is 28.4 Å². The molecule has 39 heavy (non-hydrogen) atoms. The van der Waals surface area contributed by atoms with Crippen molar-refractivity contribution in [2.75, 3.05) is 0 Å². The fourth-order valence-corrected chi connectivity index (χ4v) is 3.59. The number of hydrogen-bond acceptors (Lipinski definition) is 8. The Hall–Kier alpha value is -4.54. The van der Waals surface area contributed by atoms with Crippen LogP contribution < -0.4 is 15.8 Å². The van der Waals surface area contributed by atoms with Gasteiger partial charge in [0.2, 0.25) is 5.91 Å². The number of nitrogens with two attached hydrogens (primary N) is 1. The van der Waals surface area contributed by atoms with Crippen LogP contribution >= 0.6 is 11.3 Å². The Labute approximate surface area is 220 Å². The van der Waals surface area contributed by atoms with Gasteiger partial charge in [-0.25, -0.2) is 18.8 Å². The smallest absolute Gasteiger partial charge is 0.481 e. The molecule has 7 N–H and O–H groups in total. The first-order valence-corrected chi connectivity index (χ1v) is 11.2. The third-order valence-electron chi connectivity index (χ3n) is 4.50. The number of amides is 1. The molecule has 0 bridgehead atoms. The summed E-state index contributed by atoms with van der Waals surface area (Å²) in [5.74, 6) is -9.28. The molecule has 17 heteroatoms. The van der Waals surface area contributed by atoms with Crippen LogP contribution in [-0.4, -0.2) is 63.2 Å². The molecule has 0 aliphatic rings. The molecule has 212 valence electrons. The number of halogens is 4. The summed E-state index contributed by atoms with van der Waals surface area (Å²) >= 11 is 1.01. The van der Waals surface area contributed by atoms with Crippen LogP contribution in [0, 0.1) is 17.1 Å². The SMILES string of the molecule is C[C@H](Cc1ccc(C(=O)Oc2ccc(C(=N)N)cc2F)s1)C(=O)N[C@@H](CC(=O)O)C(=O)O.O=C(O)C(F)(F)F. The number of carboxylic acid groups (broad SMARTS) is 3. The predicted octanol–water partition coefficient (Wildman–Crippen LogP) is 2.25. The van der Waals surface area contributed by atoms with Crippen LogP contribution in [0.4, 0.5) is 17.6 Å². The maximum atomic E-state index is 14.0. The number of carbonyl (C=O) groups is 5. The molecule has 0 saturated heterocycles. The molecular weight excluding hydrogens is 558 g/mol. The molecule has 1 aromatic heterocycles. The number of carboxylic acids is 3. The van der Waals surface area contributed by atoms with Gasteiger partial charge in [0.1, 0.15) is 16.8 Å². The summed E-state index contributed by atoms with van der Waals surface area (Å²) in [7, 11) is 0. The van der Waals surface area contributed by atoms with Crippen LogP contribution in [0.5, 0.6) is 5.75 Å². The van der Waals surface area contributed by atoms with Crippen molar-refractivity contribution in [2.45, 2.75) is 32.0 Å². The highest BCUT2D eigenvalue weighted by Gasteiger charge is 2.38. The molecule has 12 nitrogen and oxygen atoms in total. The van der Waals surface area contributed by atoms with Gasteiger partial charge in [0, 0.05) is 16.4 Å². The lowest BCUT2D eigenvalue weighted by Crippen LogP contribution is -2.44. The molecule has 2 aromatic rings. The number of nitrogens with one attached hydrogen (secondary N) is 2. The summed E-state index contributed by atoms with van der Waals surface area (Å²) in [5, 5.41) is 34.3. The van der Waals surface area contributed by atoms with E-state index in [1.165, 1.54) is 25.1 Å². The number of esters is 1. The van der Waals surface area contributed by atoms with Gasteiger partial charge in [-0.2, -0.15) is 13.2 Å². The summed E-state index contributed by atoms with van der Waals surface area (Å²) in [6, 6.07) is 4.95. The van der Waals surface area contributed by atoms with E-state index < -0.39 is 60.2 Å². The monoisotopic (exact) mass is 579 g/mol. The normalized spacial score (nSPS) is 12.2. The number of aliphatic carboxylic acids is 3. The van der Waals surface area contributed by atoms with Crippen molar-refractivity contribution in [2.24, 2.45) is 11.7 Å². The van der Waals surface area contributed by atoms with Crippen LogP contribution in [0.3, 0.4) is 0 Å². The molecule has 0 spiro atoms. The fourth-order valence-electron chi connectivity index (χ4n) is 2.58. The molecule has 1 amide bonds. The van der Waals surface area contributed by atoms with Gasteiger partial charge in [-0.3, -0.25) is 15.0 Å². The Balaban J connectivity index is 0.000000956. The lowest BCUT2D eigenvalue weighted by Gasteiger charge is -2.16. The van der Waals surface area contributed by atoms with Gasteiger partial charge >= 0.3 is 30.1 Å². The van der Waals surface area contributed by atoms with Crippen LogP contribution in [0.15, 0.2) is 30.3 Å². The van der Waals surface area contributed by atoms with Crippen LogP contribution in [-0.2, 0) is 25.6 Å². The highest BCUT2D eigenvalue weighted by molar-refractivity contribution is 7.13. The van der Waals surface area contributed by atoms with E-state index in [9.17, 15) is 36.7 Å². The van der Waals surface area contributed by atoms with E-state index in [0.717, 1.165) is 17.4 Å². The topological polar surface area (TPSA) is 217 Å². The number of nitrogen functional groups attached to an aromatic ring is 1. The maximum absolute atomic E-state index is 14.0. The Morgan fingerprint density at radius 1 is 1.10 bits per heavy atom. The fraction of sp³-hybridized carbons (Fsp3) is 0.273. The molecule has 0 fully saturated rings. The van der Waals surface area contributed by atoms with Gasteiger partial charge in [-0.05, 0) is 36.8 Å². The quantitative estimate of drug-likeness (QED) is 0.0793. The van der Waals surface area contributed by atoms with E-state index in [4.69, 9.17) is 36.0 Å². The molecule has 0 unspecified atom stereocenters. The van der Waals surface area contributed by atoms with Gasteiger partial charge in [-0.15, -0.1) is 11.3 Å². The zero-order valence-corrected chi connectivity index (χ0v) is 20.6. The van der Waals surface area contributed by atoms with E-state index in [1.54, 1.807) is 6.07 Å². The third kappa shape index (κ3) is 10.8. The Bertz CT molecular complexity index is 1260. The van der Waals surface area contributed by atoms with Gasteiger partial charge in [0.15, 0.2) is 11.6 Å². The molecule has 1 aromatic carbocycles. The highest BCUT2D eigenvalue weighted by Crippen LogP contribution is 2.24. The van der Waals surface area contributed by atoms with Gasteiger partial charge in [0.25, 0.3) is 0 Å². The van der Waals surface area contributed by atoms with Crippen molar-refractivity contribution in [1.82, 2.24) is 5.32 Å². The first-order valence-electron chi connectivity index (χ1n) is 10.4. The lowest BCUT2D eigenvalue weighted by atomic mass is 10.0. The average molecular weight is 579 g/mol. The number of hydrogen-bond donors (Lipinski definition) is 6. The Kier molecular flexibility index (Phi) is 11.5. The summed E-state index contributed by atoms with van der Waals surface area (Å²) in [6.45, 7) is 1.53. The first-order chi connectivity index (χ1) is 17.9. The molecular formula is C22H21F4N3O9S. The summed E-state index contributed by atoms with van der Waals surface area (Å²) < 4.78 is 50.8. The van der Waals surface area contributed by atoms with Crippen molar-refractivity contribution in [3.63, 3.8) is 0 Å². The Morgan fingerprint density at radius 2 is 1.69 bits per heavy atom. The number of carbonyl (C=O) groups excluding carboxylic acids is 2. The number of alkyl halides is 3. The van der Waals surface area contributed by atoms with Gasteiger partial charge < -0.3 is 31.1 Å². The molecule has 0 aliphatic heterocycles. The molecule has 0 saturated carbocycles. The molecule has 2 rings (SSSR count). The second-order valence-corrected chi connectivity index (χ2v) is 8.79. The highest BCUT2D eigenvalue weighted by atomic mass is 32.1. The van der Waals surface area contributed by atoms with E-state index in [1.807, 2.05) is 0 Å². The van der Waals surface area contributed by atoms with Crippen LogP contribution in [0.25, 0.3) is 0 Å². The van der Waals surface area contributed by atoms with Crippen molar-refractivity contribution in [3.05, 3.63) is 51.5 Å². The molecule has 2 atom stereocenters. The maximum Gasteiger partial charge on any atom is 0.490 e. The number of benzene rings is 1.